The minimum Gasteiger partial charge on any atom is -0.507 e. The Balaban J connectivity index is 1.75. The summed E-state index contributed by atoms with van der Waals surface area (Å²) in [4.78, 5) is 42.9. The number of nitrogens with zero attached hydrogens (tertiary/aromatic N) is 6. The molecule has 42 heavy (non-hydrogen) atoms. The average molecular weight is 572 g/mol. The van der Waals surface area contributed by atoms with E-state index in [4.69, 9.17) is 27.2 Å². The molecular weight excluding hydrogens is 552 g/mol. The molecule has 4 aromatic rings. The van der Waals surface area contributed by atoms with Gasteiger partial charge in [0, 0.05) is 29.6 Å². The van der Waals surface area contributed by atoms with Gasteiger partial charge in [0.05, 0.1) is 23.3 Å². The van der Waals surface area contributed by atoms with Crippen LogP contribution in [0.25, 0.3) is 22.8 Å². The Morgan fingerprint density at radius 1 is 0.929 bits per heavy atom. The highest BCUT2D eigenvalue weighted by Crippen LogP contribution is 2.26. The third-order valence-electron chi connectivity index (χ3n) is 5.52. The van der Waals surface area contributed by atoms with Gasteiger partial charge in [0.2, 0.25) is 0 Å². The molecule has 1 amide bonds. The standard InChI is InChI=1S/C25H20N10O7/c26-25(27)31-22(38)11-5-16(18(32-28)9-29-12-1-3-14(23(39)40)20(36)7-12)30-17(6-11)19-10-35(34-33-19)13-2-4-15(24(41)42)21(37)8-13/h1-10,28-29,36-37H,(H,39,40)(H,41,42)(H4,26,27,31,38)/b18-9-,32-28?. The molecule has 0 aliphatic heterocycles. The molecule has 0 spiro atoms. The van der Waals surface area contributed by atoms with Crippen LogP contribution in [0.5, 0.6) is 11.5 Å². The van der Waals surface area contributed by atoms with Gasteiger partial charge >= 0.3 is 11.9 Å². The number of guanidine groups is 1. The van der Waals surface area contributed by atoms with Gasteiger partial charge in [-0.25, -0.2) is 24.8 Å². The number of aromatic nitrogens is 4. The fraction of sp³-hybridized carbons (Fsp3) is 0. The van der Waals surface area contributed by atoms with Crippen molar-refractivity contribution in [3.8, 4) is 28.6 Å². The van der Waals surface area contributed by atoms with Gasteiger partial charge in [-0.05, 0) is 36.4 Å². The smallest absolute Gasteiger partial charge is 0.339 e. The second-order valence-electron chi connectivity index (χ2n) is 8.35. The molecule has 10 N–H and O–H groups in total. The number of nitrogens with two attached hydrogens (primary N) is 2. The number of phenols is 2. The summed E-state index contributed by atoms with van der Waals surface area (Å²) >= 11 is 0. The molecule has 0 aliphatic rings. The summed E-state index contributed by atoms with van der Waals surface area (Å²) in [5.41, 5.74) is 18.3. The Hall–Kier alpha value is -6.65. The number of hydrogen-bond acceptors (Lipinski definition) is 11. The maximum absolute atomic E-state index is 12.7. The lowest BCUT2D eigenvalue weighted by Gasteiger charge is -2.08. The first kappa shape index (κ1) is 28.4. The van der Waals surface area contributed by atoms with Gasteiger partial charge in [0.1, 0.15) is 34.0 Å². The van der Waals surface area contributed by atoms with Crippen LogP contribution in [0, 0.1) is 5.53 Å². The summed E-state index contributed by atoms with van der Waals surface area (Å²) in [5, 5.41) is 52.4. The highest BCUT2D eigenvalue weighted by atomic mass is 16.4. The van der Waals surface area contributed by atoms with E-state index < -0.39 is 35.3 Å². The lowest BCUT2D eigenvalue weighted by molar-refractivity contribution is 0.0682. The molecule has 0 unspecified atom stereocenters. The van der Waals surface area contributed by atoms with Crippen molar-refractivity contribution >= 4 is 35.2 Å². The number of aromatic hydroxyl groups is 2. The first-order chi connectivity index (χ1) is 20.0. The summed E-state index contributed by atoms with van der Waals surface area (Å²) in [5.74, 6) is -4.96. The molecule has 0 radical (unpaired) electrons. The number of hydrogen-bond donors (Lipinski definition) is 8. The van der Waals surface area contributed by atoms with Crippen molar-refractivity contribution in [2.75, 3.05) is 5.32 Å². The van der Waals surface area contributed by atoms with Crippen LogP contribution in [0.1, 0.15) is 36.8 Å². The Kier molecular flexibility index (Phi) is 7.84. The number of benzene rings is 2. The molecule has 0 aliphatic carbocycles. The van der Waals surface area contributed by atoms with Crippen molar-refractivity contribution < 1.29 is 34.8 Å². The highest BCUT2D eigenvalue weighted by molar-refractivity contribution is 6.02. The van der Waals surface area contributed by atoms with Gasteiger partial charge in [-0.2, -0.15) is 10.1 Å². The van der Waals surface area contributed by atoms with Crippen molar-refractivity contribution in [1.29, 1.82) is 5.53 Å². The predicted molar refractivity (Wildman–Crippen MR) is 145 cm³/mol. The molecule has 2 aromatic heterocycles. The van der Waals surface area contributed by atoms with E-state index >= 15 is 0 Å². The van der Waals surface area contributed by atoms with Crippen LogP contribution >= 0.6 is 0 Å². The van der Waals surface area contributed by atoms with Crippen molar-refractivity contribution in [1.82, 2.24) is 20.0 Å². The van der Waals surface area contributed by atoms with Crippen molar-refractivity contribution in [3.05, 3.63) is 83.3 Å². The quantitative estimate of drug-likeness (QED) is 0.0809. The van der Waals surface area contributed by atoms with Gasteiger partial charge < -0.3 is 37.2 Å². The normalized spacial score (nSPS) is 11.0. The lowest BCUT2D eigenvalue weighted by atomic mass is 10.1. The number of nitrogens with one attached hydrogen (secondary N) is 2. The SMILES string of the molecule is N=N/C(=C\Nc1ccc(C(=O)O)c(O)c1)c1cc(C(=O)N=C(N)N)cc(-c2cn(-c3ccc(C(=O)O)c(O)c3)nn2)n1. The van der Waals surface area contributed by atoms with Crippen molar-refractivity contribution in [2.45, 2.75) is 0 Å². The number of carboxylic acids is 2. The topological polar surface area (TPSA) is 288 Å². The molecule has 0 bridgehead atoms. The third kappa shape index (κ3) is 6.15. The summed E-state index contributed by atoms with van der Waals surface area (Å²) in [7, 11) is 0. The van der Waals surface area contributed by atoms with Gasteiger partial charge in [-0.1, -0.05) is 5.21 Å². The molecule has 0 fully saturated rings. The zero-order valence-corrected chi connectivity index (χ0v) is 21.1. The molecule has 4 rings (SSSR count). The number of carbonyl (C=O) groups excluding carboxylic acids is 1. The fourth-order valence-corrected chi connectivity index (χ4v) is 3.57. The predicted octanol–water partition coefficient (Wildman–Crippen LogP) is 1.99. The van der Waals surface area contributed by atoms with Crippen molar-refractivity contribution in [2.24, 2.45) is 21.6 Å². The molecule has 0 atom stereocenters. The van der Waals surface area contributed by atoms with Crippen LogP contribution in [0.15, 0.2) is 71.0 Å². The molecule has 212 valence electrons. The molecular formula is C25H20N10O7. The average Bonchev–Trinajstić information content (AvgIpc) is 3.43. The number of aromatic carboxylic acids is 2. The lowest BCUT2D eigenvalue weighted by Crippen LogP contribution is -2.24. The zero-order valence-electron chi connectivity index (χ0n) is 21.1. The number of pyridine rings is 1. The molecule has 2 heterocycles. The number of aliphatic imine (C=N–C) groups is 1. The Labute approximate surface area is 234 Å². The highest BCUT2D eigenvalue weighted by Gasteiger charge is 2.17. The van der Waals surface area contributed by atoms with Crippen LogP contribution in [0.4, 0.5) is 5.69 Å². The van der Waals surface area contributed by atoms with Crippen molar-refractivity contribution in [3.63, 3.8) is 0 Å². The van der Waals surface area contributed by atoms with Gasteiger partial charge in [0.25, 0.3) is 5.91 Å². The zero-order chi connectivity index (χ0) is 30.6. The summed E-state index contributed by atoms with van der Waals surface area (Å²) < 4.78 is 1.23. The Morgan fingerprint density at radius 2 is 1.60 bits per heavy atom. The van der Waals surface area contributed by atoms with E-state index in [1.807, 2.05) is 0 Å². The maximum atomic E-state index is 12.7. The van der Waals surface area contributed by atoms with E-state index in [1.54, 1.807) is 0 Å². The molecule has 17 nitrogen and oxygen atoms in total. The first-order valence-electron chi connectivity index (χ1n) is 11.5. The number of rotatable bonds is 9. The summed E-state index contributed by atoms with van der Waals surface area (Å²) in [6.07, 6.45) is 2.62. The van der Waals surface area contributed by atoms with Crippen LogP contribution in [-0.2, 0) is 0 Å². The van der Waals surface area contributed by atoms with Crippen LogP contribution in [0.3, 0.4) is 0 Å². The molecule has 0 saturated carbocycles. The largest absolute Gasteiger partial charge is 0.507 e. The van der Waals surface area contributed by atoms with E-state index in [-0.39, 0.29) is 50.8 Å². The summed E-state index contributed by atoms with van der Waals surface area (Å²) in [6, 6.07) is 10.0. The minimum absolute atomic E-state index is 0.00599. The second kappa shape index (κ2) is 11.6. The number of anilines is 1. The van der Waals surface area contributed by atoms with Gasteiger partial charge in [0.15, 0.2) is 5.96 Å². The summed E-state index contributed by atoms with van der Waals surface area (Å²) in [6.45, 7) is 0. The van der Waals surface area contributed by atoms with E-state index in [2.05, 4.69) is 30.7 Å². The monoisotopic (exact) mass is 572 g/mol. The van der Waals surface area contributed by atoms with Gasteiger partial charge in [-0.3, -0.25) is 4.79 Å². The first-order valence-corrected chi connectivity index (χ1v) is 11.5. The van der Waals surface area contributed by atoms with E-state index in [9.17, 15) is 24.6 Å². The van der Waals surface area contributed by atoms with Crippen LogP contribution in [0.2, 0.25) is 0 Å². The third-order valence-corrected chi connectivity index (χ3v) is 5.52. The number of carbonyl (C=O) groups is 3. The van der Waals surface area contributed by atoms with E-state index in [0.717, 1.165) is 6.07 Å². The maximum Gasteiger partial charge on any atom is 0.339 e. The van der Waals surface area contributed by atoms with Gasteiger partial charge in [-0.15, -0.1) is 5.10 Å². The minimum atomic E-state index is -1.32. The second-order valence-corrected chi connectivity index (χ2v) is 8.35. The van der Waals surface area contributed by atoms with E-state index in [1.165, 1.54) is 59.5 Å². The van der Waals surface area contributed by atoms with Crippen LogP contribution < -0.4 is 16.8 Å². The number of amides is 1. The molecule has 0 saturated heterocycles. The van der Waals surface area contributed by atoms with Crippen LogP contribution in [-0.4, -0.2) is 64.2 Å². The molecule has 2 aromatic carbocycles. The number of carboxylic acid groups (broad SMARTS) is 2. The van der Waals surface area contributed by atoms with E-state index in [0.29, 0.717) is 0 Å². The molecule has 17 heteroatoms. The Morgan fingerprint density at radius 3 is 2.19 bits per heavy atom. The Bertz CT molecular complexity index is 1810. The fourth-order valence-electron chi connectivity index (χ4n) is 3.57.